The van der Waals surface area contributed by atoms with E-state index in [0.29, 0.717) is 37.8 Å². The minimum absolute atomic E-state index is 0.0259. The molecule has 4 rings (SSSR count). The SMILES string of the molecule is COc1ccc2[nH]c(C(=O)N3CCC(Nc4ccc(CCNC(=O)O)cc4)CC3)cc2c1. The van der Waals surface area contributed by atoms with Crippen molar-refractivity contribution in [3.8, 4) is 5.75 Å². The number of hydrogen-bond acceptors (Lipinski definition) is 4. The van der Waals surface area contributed by atoms with Gasteiger partial charge >= 0.3 is 6.09 Å². The highest BCUT2D eigenvalue weighted by Crippen LogP contribution is 2.23. The maximum atomic E-state index is 13.0. The normalized spacial score (nSPS) is 14.3. The third-order valence-electron chi connectivity index (χ3n) is 5.86. The number of fused-ring (bicyclic) bond motifs is 1. The number of carboxylic acid groups (broad SMARTS) is 1. The van der Waals surface area contributed by atoms with Crippen molar-refractivity contribution in [3.05, 3.63) is 59.8 Å². The zero-order valence-electron chi connectivity index (χ0n) is 18.1. The van der Waals surface area contributed by atoms with Crippen LogP contribution in [-0.4, -0.2) is 59.8 Å². The van der Waals surface area contributed by atoms with E-state index in [1.165, 1.54) is 0 Å². The first-order chi connectivity index (χ1) is 15.5. The van der Waals surface area contributed by atoms with Gasteiger partial charge in [-0.2, -0.15) is 0 Å². The van der Waals surface area contributed by atoms with Gasteiger partial charge in [0.25, 0.3) is 5.91 Å². The highest BCUT2D eigenvalue weighted by Gasteiger charge is 2.24. The molecule has 0 atom stereocenters. The molecular weight excluding hydrogens is 408 g/mol. The summed E-state index contributed by atoms with van der Waals surface area (Å²) in [6.07, 6.45) is 1.42. The van der Waals surface area contributed by atoms with Gasteiger partial charge in [0.15, 0.2) is 0 Å². The number of aromatic nitrogens is 1. The van der Waals surface area contributed by atoms with Gasteiger partial charge in [-0.25, -0.2) is 4.79 Å². The molecule has 2 aromatic carbocycles. The van der Waals surface area contributed by atoms with Crippen LogP contribution in [0.25, 0.3) is 10.9 Å². The number of H-pyrrole nitrogens is 1. The summed E-state index contributed by atoms with van der Waals surface area (Å²) in [5, 5.41) is 15.5. The number of carbonyl (C=O) groups is 2. The monoisotopic (exact) mass is 436 g/mol. The van der Waals surface area contributed by atoms with Crippen LogP contribution in [0.15, 0.2) is 48.5 Å². The van der Waals surface area contributed by atoms with Crippen molar-refractivity contribution in [3.63, 3.8) is 0 Å². The Labute approximate surface area is 186 Å². The number of nitrogens with one attached hydrogen (secondary N) is 3. The minimum Gasteiger partial charge on any atom is -0.497 e. The number of carbonyl (C=O) groups excluding carboxylic acids is 1. The quantitative estimate of drug-likeness (QED) is 0.452. The van der Waals surface area contributed by atoms with Crippen molar-refractivity contribution in [2.24, 2.45) is 0 Å². The average Bonchev–Trinajstić information content (AvgIpc) is 3.23. The zero-order chi connectivity index (χ0) is 22.5. The molecule has 0 radical (unpaired) electrons. The van der Waals surface area contributed by atoms with Crippen LogP contribution in [0.5, 0.6) is 5.75 Å². The summed E-state index contributed by atoms with van der Waals surface area (Å²) in [6, 6.07) is 16.0. The van der Waals surface area contributed by atoms with Gasteiger partial charge in [0, 0.05) is 42.3 Å². The molecule has 4 N–H and O–H groups in total. The molecule has 0 bridgehead atoms. The van der Waals surface area contributed by atoms with E-state index >= 15 is 0 Å². The molecule has 8 nitrogen and oxygen atoms in total. The van der Waals surface area contributed by atoms with Gasteiger partial charge in [0.05, 0.1) is 7.11 Å². The van der Waals surface area contributed by atoms with E-state index in [1.807, 2.05) is 53.4 Å². The Morgan fingerprint density at radius 1 is 1.12 bits per heavy atom. The maximum absolute atomic E-state index is 13.0. The van der Waals surface area contributed by atoms with Crippen LogP contribution in [0, 0.1) is 0 Å². The number of ether oxygens (including phenoxy) is 1. The number of amides is 2. The number of anilines is 1. The number of nitrogens with zero attached hydrogens (tertiary/aromatic N) is 1. The Kier molecular flexibility index (Phi) is 6.49. The van der Waals surface area contributed by atoms with E-state index in [4.69, 9.17) is 9.84 Å². The van der Waals surface area contributed by atoms with E-state index < -0.39 is 6.09 Å². The minimum atomic E-state index is -1.00. The van der Waals surface area contributed by atoms with E-state index in [2.05, 4.69) is 15.6 Å². The molecule has 1 aromatic heterocycles. The smallest absolute Gasteiger partial charge is 0.404 e. The predicted molar refractivity (Wildman–Crippen MR) is 124 cm³/mol. The highest BCUT2D eigenvalue weighted by molar-refractivity contribution is 5.98. The van der Waals surface area contributed by atoms with Gasteiger partial charge in [-0.05, 0) is 61.2 Å². The van der Waals surface area contributed by atoms with E-state index in [9.17, 15) is 9.59 Å². The predicted octanol–water partition coefficient (Wildman–Crippen LogP) is 3.70. The van der Waals surface area contributed by atoms with E-state index in [0.717, 1.165) is 40.7 Å². The summed E-state index contributed by atoms with van der Waals surface area (Å²) < 4.78 is 5.26. The fourth-order valence-corrected chi connectivity index (χ4v) is 4.07. The standard InChI is InChI=1S/C24H28N4O4/c1-32-20-6-7-21-17(14-20)15-22(27-21)23(29)28-12-9-19(10-13-28)26-18-4-2-16(3-5-18)8-11-25-24(30)31/h2-7,14-15,19,25-27H,8-13H2,1H3,(H,30,31). The second-order valence-electron chi connectivity index (χ2n) is 8.03. The maximum Gasteiger partial charge on any atom is 0.404 e. The zero-order valence-corrected chi connectivity index (χ0v) is 18.1. The van der Waals surface area contributed by atoms with Gasteiger partial charge in [-0.3, -0.25) is 4.79 Å². The van der Waals surface area contributed by atoms with Crippen LogP contribution in [0.4, 0.5) is 10.5 Å². The van der Waals surface area contributed by atoms with Gasteiger partial charge in [-0.15, -0.1) is 0 Å². The van der Waals surface area contributed by atoms with Crippen LogP contribution in [0.1, 0.15) is 28.9 Å². The number of benzene rings is 2. The molecule has 0 saturated carbocycles. The number of likely N-dealkylation sites (tertiary alicyclic amines) is 1. The van der Waals surface area contributed by atoms with Gasteiger partial charge in [0.2, 0.25) is 0 Å². The van der Waals surface area contributed by atoms with Crippen molar-refractivity contribution < 1.29 is 19.4 Å². The van der Waals surface area contributed by atoms with Crippen molar-refractivity contribution in [1.29, 1.82) is 0 Å². The number of hydrogen-bond donors (Lipinski definition) is 4. The third-order valence-corrected chi connectivity index (χ3v) is 5.86. The second kappa shape index (κ2) is 9.64. The molecule has 3 aromatic rings. The molecule has 1 aliphatic rings. The lowest BCUT2D eigenvalue weighted by atomic mass is 10.0. The van der Waals surface area contributed by atoms with Crippen LogP contribution in [0.3, 0.4) is 0 Å². The largest absolute Gasteiger partial charge is 0.497 e. The van der Waals surface area contributed by atoms with Crippen molar-refractivity contribution >= 4 is 28.6 Å². The van der Waals surface area contributed by atoms with E-state index in [1.54, 1.807) is 7.11 Å². The number of aromatic amines is 1. The fraction of sp³-hybridized carbons (Fsp3) is 0.333. The van der Waals surface area contributed by atoms with Gasteiger partial charge in [-0.1, -0.05) is 12.1 Å². The molecule has 2 amide bonds. The lowest BCUT2D eigenvalue weighted by molar-refractivity contribution is 0.0713. The number of methoxy groups -OCH3 is 1. The first kappa shape index (κ1) is 21.5. The molecule has 0 spiro atoms. The molecule has 8 heteroatoms. The summed E-state index contributed by atoms with van der Waals surface area (Å²) in [4.78, 5) is 28.6. The molecule has 0 unspecified atom stereocenters. The van der Waals surface area contributed by atoms with Crippen LogP contribution >= 0.6 is 0 Å². The summed E-state index contributed by atoms with van der Waals surface area (Å²) in [5.41, 5.74) is 3.65. The van der Waals surface area contributed by atoms with Crippen LogP contribution in [-0.2, 0) is 6.42 Å². The Morgan fingerprint density at radius 3 is 2.56 bits per heavy atom. The first-order valence-electron chi connectivity index (χ1n) is 10.8. The van der Waals surface area contributed by atoms with Crippen molar-refractivity contribution in [2.45, 2.75) is 25.3 Å². The molecular formula is C24H28N4O4. The molecule has 32 heavy (non-hydrogen) atoms. The molecule has 168 valence electrons. The summed E-state index contributed by atoms with van der Waals surface area (Å²) in [5.74, 6) is 0.797. The Balaban J connectivity index is 1.28. The summed E-state index contributed by atoms with van der Waals surface area (Å²) in [7, 11) is 1.63. The number of piperidine rings is 1. The van der Waals surface area contributed by atoms with E-state index in [-0.39, 0.29) is 5.91 Å². The highest BCUT2D eigenvalue weighted by atomic mass is 16.5. The topological polar surface area (TPSA) is 107 Å². The first-order valence-corrected chi connectivity index (χ1v) is 10.8. The fourth-order valence-electron chi connectivity index (χ4n) is 4.07. The molecule has 1 fully saturated rings. The lowest BCUT2D eigenvalue weighted by Gasteiger charge is -2.32. The van der Waals surface area contributed by atoms with Crippen LogP contribution < -0.4 is 15.4 Å². The molecule has 1 aliphatic heterocycles. The molecule has 2 heterocycles. The Morgan fingerprint density at radius 2 is 1.88 bits per heavy atom. The lowest BCUT2D eigenvalue weighted by Crippen LogP contribution is -2.42. The third kappa shape index (κ3) is 5.14. The average molecular weight is 437 g/mol. The summed E-state index contributed by atoms with van der Waals surface area (Å²) in [6.45, 7) is 1.81. The second-order valence-corrected chi connectivity index (χ2v) is 8.03. The Bertz CT molecular complexity index is 1090. The molecule has 0 aliphatic carbocycles. The Hall–Kier alpha value is -3.68. The molecule has 1 saturated heterocycles. The van der Waals surface area contributed by atoms with Crippen LogP contribution in [0.2, 0.25) is 0 Å². The van der Waals surface area contributed by atoms with Crippen molar-refractivity contribution in [1.82, 2.24) is 15.2 Å². The van der Waals surface area contributed by atoms with Gasteiger partial charge in [0.1, 0.15) is 11.4 Å². The van der Waals surface area contributed by atoms with Gasteiger partial charge < -0.3 is 30.4 Å². The number of rotatable bonds is 7. The summed E-state index contributed by atoms with van der Waals surface area (Å²) >= 11 is 0. The van der Waals surface area contributed by atoms with Crippen molar-refractivity contribution in [2.75, 3.05) is 32.1 Å².